The fraction of sp³-hybridized carbons (Fsp3) is 0.500. The number of nitrogens with one attached hydrogen (secondary N) is 1. The summed E-state index contributed by atoms with van der Waals surface area (Å²) in [6.07, 6.45) is 3.78. The van der Waals surface area contributed by atoms with Crippen molar-refractivity contribution in [2.45, 2.75) is 32.2 Å². The first-order chi connectivity index (χ1) is 6.86. The number of para-hydroxylation sites is 1. The number of hydrogen-bond donors (Lipinski definition) is 2. The van der Waals surface area contributed by atoms with Gasteiger partial charge in [-0.1, -0.05) is 25.1 Å². The van der Waals surface area contributed by atoms with Crippen molar-refractivity contribution in [2.24, 2.45) is 5.73 Å². The van der Waals surface area contributed by atoms with E-state index in [-0.39, 0.29) is 0 Å². The first-order valence-electron chi connectivity index (χ1n) is 5.38. The molecular formula is C12H20N2. The zero-order valence-electron chi connectivity index (χ0n) is 8.87. The Morgan fingerprint density at radius 3 is 2.29 bits per heavy atom. The van der Waals surface area contributed by atoms with E-state index in [2.05, 4.69) is 36.5 Å². The summed E-state index contributed by atoms with van der Waals surface area (Å²) in [6.45, 7) is 2.88. The fourth-order valence-corrected chi connectivity index (χ4v) is 0.998. The predicted molar refractivity (Wildman–Crippen MR) is 62.4 cm³/mol. The summed E-state index contributed by atoms with van der Waals surface area (Å²) in [4.78, 5) is 0. The van der Waals surface area contributed by atoms with Crippen LogP contribution in [-0.2, 0) is 0 Å². The minimum Gasteiger partial charge on any atom is -0.382 e. The standard InChI is InChI=1S/C9H11N.C3H9N/c1-2-4-8(5-3-1)10-9-6-7-9;1-2-3-4/h1-5,9-10H,6-7H2;2-4H2,1H3. The van der Waals surface area contributed by atoms with E-state index in [0.717, 1.165) is 19.0 Å². The van der Waals surface area contributed by atoms with E-state index in [1.165, 1.54) is 18.5 Å². The average molecular weight is 192 g/mol. The van der Waals surface area contributed by atoms with Crippen LogP contribution in [0.3, 0.4) is 0 Å². The third-order valence-electron chi connectivity index (χ3n) is 2.01. The van der Waals surface area contributed by atoms with Gasteiger partial charge in [0, 0.05) is 11.7 Å². The first-order valence-corrected chi connectivity index (χ1v) is 5.38. The summed E-state index contributed by atoms with van der Waals surface area (Å²) in [7, 11) is 0. The minimum absolute atomic E-state index is 0.766. The van der Waals surface area contributed by atoms with Crippen LogP contribution in [0.25, 0.3) is 0 Å². The Kier molecular flexibility index (Phi) is 5.08. The van der Waals surface area contributed by atoms with Gasteiger partial charge in [-0.15, -0.1) is 0 Å². The molecule has 0 radical (unpaired) electrons. The molecule has 0 spiro atoms. The second-order valence-electron chi connectivity index (χ2n) is 3.57. The lowest BCUT2D eigenvalue weighted by atomic mass is 10.3. The molecule has 2 heteroatoms. The van der Waals surface area contributed by atoms with Gasteiger partial charge < -0.3 is 11.1 Å². The molecule has 1 aliphatic carbocycles. The van der Waals surface area contributed by atoms with E-state index >= 15 is 0 Å². The summed E-state index contributed by atoms with van der Waals surface area (Å²) < 4.78 is 0. The average Bonchev–Trinajstić information content (AvgIpc) is 3.04. The quantitative estimate of drug-likeness (QED) is 0.772. The summed E-state index contributed by atoms with van der Waals surface area (Å²) in [6, 6.07) is 11.1. The van der Waals surface area contributed by atoms with Gasteiger partial charge in [0.1, 0.15) is 0 Å². The highest BCUT2D eigenvalue weighted by molar-refractivity contribution is 5.44. The molecule has 1 aliphatic rings. The van der Waals surface area contributed by atoms with Crippen LogP contribution in [0.5, 0.6) is 0 Å². The van der Waals surface area contributed by atoms with E-state index in [4.69, 9.17) is 5.73 Å². The first kappa shape index (κ1) is 11.1. The third-order valence-corrected chi connectivity index (χ3v) is 2.01. The molecule has 3 N–H and O–H groups in total. The van der Waals surface area contributed by atoms with E-state index in [0.29, 0.717) is 0 Å². The molecule has 78 valence electrons. The van der Waals surface area contributed by atoms with Gasteiger partial charge >= 0.3 is 0 Å². The van der Waals surface area contributed by atoms with Gasteiger partial charge in [0.15, 0.2) is 0 Å². The summed E-state index contributed by atoms with van der Waals surface area (Å²) in [5.74, 6) is 0. The molecule has 0 heterocycles. The monoisotopic (exact) mass is 192 g/mol. The van der Waals surface area contributed by atoms with Crippen molar-refractivity contribution < 1.29 is 0 Å². The van der Waals surface area contributed by atoms with Crippen LogP contribution in [0, 0.1) is 0 Å². The third kappa shape index (κ3) is 4.87. The Morgan fingerprint density at radius 1 is 1.29 bits per heavy atom. The predicted octanol–water partition coefficient (Wildman–Crippen LogP) is 2.62. The van der Waals surface area contributed by atoms with E-state index in [1.54, 1.807) is 0 Å². The molecular weight excluding hydrogens is 172 g/mol. The van der Waals surface area contributed by atoms with Crippen molar-refractivity contribution in [3.8, 4) is 0 Å². The molecule has 1 aromatic carbocycles. The minimum atomic E-state index is 0.766. The van der Waals surface area contributed by atoms with Crippen LogP contribution in [0.15, 0.2) is 30.3 Å². The number of anilines is 1. The molecule has 1 aromatic rings. The normalized spacial score (nSPS) is 14.1. The van der Waals surface area contributed by atoms with Gasteiger partial charge in [-0.25, -0.2) is 0 Å². The zero-order chi connectivity index (χ0) is 10.2. The van der Waals surface area contributed by atoms with E-state index < -0.39 is 0 Å². The lowest BCUT2D eigenvalue weighted by Gasteiger charge is -2.01. The molecule has 2 nitrogen and oxygen atoms in total. The number of nitrogens with two attached hydrogens (primary N) is 1. The summed E-state index contributed by atoms with van der Waals surface area (Å²) >= 11 is 0. The van der Waals surface area contributed by atoms with E-state index in [9.17, 15) is 0 Å². The van der Waals surface area contributed by atoms with Crippen LogP contribution < -0.4 is 11.1 Å². The van der Waals surface area contributed by atoms with Crippen LogP contribution >= 0.6 is 0 Å². The largest absolute Gasteiger partial charge is 0.382 e. The van der Waals surface area contributed by atoms with Crippen LogP contribution in [-0.4, -0.2) is 12.6 Å². The second kappa shape index (κ2) is 6.44. The molecule has 0 atom stereocenters. The highest BCUT2D eigenvalue weighted by atomic mass is 14.9. The van der Waals surface area contributed by atoms with Gasteiger partial charge in [-0.2, -0.15) is 0 Å². The molecule has 0 aromatic heterocycles. The molecule has 0 saturated heterocycles. The second-order valence-corrected chi connectivity index (χ2v) is 3.57. The van der Waals surface area contributed by atoms with Crippen molar-refractivity contribution in [1.82, 2.24) is 0 Å². The molecule has 0 bridgehead atoms. The van der Waals surface area contributed by atoms with Crippen molar-refractivity contribution in [3.63, 3.8) is 0 Å². The lowest BCUT2D eigenvalue weighted by Crippen LogP contribution is -1.99. The van der Waals surface area contributed by atoms with Gasteiger partial charge in [0.25, 0.3) is 0 Å². The molecule has 14 heavy (non-hydrogen) atoms. The van der Waals surface area contributed by atoms with Crippen LogP contribution in [0.4, 0.5) is 5.69 Å². The molecule has 1 saturated carbocycles. The maximum absolute atomic E-state index is 5.03. The Hall–Kier alpha value is -1.02. The molecule has 0 aliphatic heterocycles. The highest BCUT2D eigenvalue weighted by Crippen LogP contribution is 2.23. The van der Waals surface area contributed by atoms with Crippen molar-refractivity contribution in [3.05, 3.63) is 30.3 Å². The molecule has 2 rings (SSSR count). The van der Waals surface area contributed by atoms with Crippen LogP contribution in [0.1, 0.15) is 26.2 Å². The summed E-state index contributed by atoms with van der Waals surface area (Å²) in [5, 5.41) is 3.42. The Labute approximate surface area is 86.5 Å². The van der Waals surface area contributed by atoms with Gasteiger partial charge in [-0.3, -0.25) is 0 Å². The fourth-order valence-electron chi connectivity index (χ4n) is 0.998. The molecule has 0 unspecified atom stereocenters. The Bertz CT molecular complexity index is 227. The van der Waals surface area contributed by atoms with Gasteiger partial charge in [-0.05, 0) is 37.9 Å². The number of hydrogen-bond acceptors (Lipinski definition) is 2. The lowest BCUT2D eigenvalue weighted by molar-refractivity contribution is 0.932. The van der Waals surface area contributed by atoms with Crippen LogP contribution in [0.2, 0.25) is 0 Å². The van der Waals surface area contributed by atoms with Gasteiger partial charge in [0.05, 0.1) is 0 Å². The molecule has 1 fully saturated rings. The maximum atomic E-state index is 5.03. The zero-order valence-corrected chi connectivity index (χ0v) is 8.87. The van der Waals surface area contributed by atoms with Crippen molar-refractivity contribution in [1.29, 1.82) is 0 Å². The number of rotatable bonds is 3. The van der Waals surface area contributed by atoms with Gasteiger partial charge in [0.2, 0.25) is 0 Å². The Morgan fingerprint density at radius 2 is 1.86 bits per heavy atom. The van der Waals surface area contributed by atoms with E-state index in [1.807, 2.05) is 6.07 Å². The summed E-state index contributed by atoms with van der Waals surface area (Å²) in [5.41, 5.74) is 6.28. The van der Waals surface area contributed by atoms with Crippen molar-refractivity contribution >= 4 is 5.69 Å². The molecule has 0 amide bonds. The maximum Gasteiger partial charge on any atom is 0.0342 e. The smallest absolute Gasteiger partial charge is 0.0342 e. The topological polar surface area (TPSA) is 38.0 Å². The number of benzene rings is 1. The SMILES string of the molecule is CCCN.c1ccc(NC2CC2)cc1. The van der Waals surface area contributed by atoms with Crippen molar-refractivity contribution in [2.75, 3.05) is 11.9 Å². The highest BCUT2D eigenvalue weighted by Gasteiger charge is 2.20. The Balaban J connectivity index is 0.000000213.